The minimum atomic E-state index is -0.550. The van der Waals surface area contributed by atoms with Crippen molar-refractivity contribution in [2.75, 3.05) is 34.2 Å². The van der Waals surface area contributed by atoms with E-state index in [1.807, 2.05) is 25.1 Å². The van der Waals surface area contributed by atoms with Gasteiger partial charge in [-0.2, -0.15) is 0 Å². The molecule has 0 saturated carbocycles. The van der Waals surface area contributed by atoms with Gasteiger partial charge in [-0.05, 0) is 53.5 Å². The second-order valence-corrected chi connectivity index (χ2v) is 8.22. The standard InChI is InChI=1S/C23H27NO6S/c1-6-31-19-10-8-14-15(12-17(19)25)16(24-23(26)30-5)9-7-13-11-18(27-2)21(28-3)22(29-4)20(13)14/h8,10-12,16H,6-7,9H2,1-5H3,(H,24,26). The van der Waals surface area contributed by atoms with Gasteiger partial charge in [-0.25, -0.2) is 4.79 Å². The summed E-state index contributed by atoms with van der Waals surface area (Å²) in [6, 6.07) is 6.87. The van der Waals surface area contributed by atoms with E-state index in [9.17, 15) is 9.59 Å². The molecule has 2 aromatic rings. The van der Waals surface area contributed by atoms with Crippen molar-refractivity contribution in [2.24, 2.45) is 0 Å². The van der Waals surface area contributed by atoms with Gasteiger partial charge >= 0.3 is 6.09 Å². The summed E-state index contributed by atoms with van der Waals surface area (Å²) in [5, 5.41) is 2.88. The van der Waals surface area contributed by atoms with Crippen LogP contribution in [0.4, 0.5) is 4.79 Å². The Morgan fingerprint density at radius 3 is 2.45 bits per heavy atom. The van der Waals surface area contributed by atoms with Crippen LogP contribution in [-0.4, -0.2) is 40.3 Å². The first kappa shape index (κ1) is 22.8. The predicted molar refractivity (Wildman–Crippen MR) is 121 cm³/mol. The molecule has 2 aromatic carbocycles. The molecule has 31 heavy (non-hydrogen) atoms. The molecule has 0 spiro atoms. The fraction of sp³-hybridized carbons (Fsp3) is 0.391. The van der Waals surface area contributed by atoms with Gasteiger partial charge in [0.15, 0.2) is 16.9 Å². The Bertz CT molecular complexity index is 1040. The van der Waals surface area contributed by atoms with Crippen LogP contribution in [0.25, 0.3) is 11.1 Å². The molecule has 0 aliphatic heterocycles. The zero-order valence-corrected chi connectivity index (χ0v) is 19.2. The summed E-state index contributed by atoms with van der Waals surface area (Å²) < 4.78 is 21.7. The minimum absolute atomic E-state index is 0.0901. The van der Waals surface area contributed by atoms with Crippen LogP contribution < -0.4 is 25.0 Å². The van der Waals surface area contributed by atoms with Crippen molar-refractivity contribution in [1.29, 1.82) is 0 Å². The highest BCUT2D eigenvalue weighted by atomic mass is 32.2. The number of nitrogens with one attached hydrogen (secondary N) is 1. The van der Waals surface area contributed by atoms with Gasteiger partial charge < -0.3 is 24.3 Å². The molecule has 1 unspecified atom stereocenters. The van der Waals surface area contributed by atoms with Crippen molar-refractivity contribution >= 4 is 17.9 Å². The Kier molecular flexibility index (Phi) is 7.33. The highest BCUT2D eigenvalue weighted by Crippen LogP contribution is 2.50. The van der Waals surface area contributed by atoms with Gasteiger partial charge in [-0.3, -0.25) is 4.79 Å². The molecule has 0 aromatic heterocycles. The Hall–Kier alpha value is -2.87. The van der Waals surface area contributed by atoms with E-state index in [4.69, 9.17) is 18.9 Å². The summed E-state index contributed by atoms with van der Waals surface area (Å²) in [4.78, 5) is 25.6. The molecular weight excluding hydrogens is 418 g/mol. The smallest absolute Gasteiger partial charge is 0.407 e. The number of amides is 1. The second kappa shape index (κ2) is 9.96. The first-order valence-electron chi connectivity index (χ1n) is 9.96. The second-order valence-electron chi connectivity index (χ2n) is 6.91. The van der Waals surface area contributed by atoms with E-state index < -0.39 is 12.1 Å². The molecule has 1 aliphatic rings. The maximum atomic E-state index is 12.9. The monoisotopic (exact) mass is 445 g/mol. The van der Waals surface area contributed by atoms with Crippen LogP contribution in [0.1, 0.15) is 30.5 Å². The number of carbonyl (C=O) groups excluding carboxylic acids is 1. The quantitative estimate of drug-likeness (QED) is 0.668. The number of alkyl carbamates (subject to hydrolysis) is 1. The summed E-state index contributed by atoms with van der Waals surface area (Å²) in [7, 11) is 6.03. The van der Waals surface area contributed by atoms with Crippen LogP contribution in [0.5, 0.6) is 17.2 Å². The third kappa shape index (κ3) is 4.44. The third-order valence-corrected chi connectivity index (χ3v) is 6.21. The highest BCUT2D eigenvalue weighted by molar-refractivity contribution is 7.99. The number of benzene rings is 1. The fourth-order valence-corrected chi connectivity index (χ4v) is 4.60. The molecule has 0 saturated heterocycles. The van der Waals surface area contributed by atoms with Crippen molar-refractivity contribution < 1.29 is 23.7 Å². The van der Waals surface area contributed by atoms with Gasteiger partial charge in [0.2, 0.25) is 5.75 Å². The molecular formula is C23H27NO6S. The number of aryl methyl sites for hydroxylation is 1. The summed E-state index contributed by atoms with van der Waals surface area (Å²) >= 11 is 1.48. The molecule has 0 heterocycles. The molecule has 1 N–H and O–H groups in total. The Morgan fingerprint density at radius 2 is 1.84 bits per heavy atom. The normalized spacial score (nSPS) is 14.5. The number of ether oxygens (including phenoxy) is 4. The SMILES string of the molecule is CCSc1ccc2c(cc1=O)C(NC(=O)OC)CCc1cc(OC)c(OC)c(OC)c1-2. The Balaban J connectivity index is 2.37. The summed E-state index contributed by atoms with van der Waals surface area (Å²) in [6.07, 6.45) is 0.656. The molecule has 1 atom stereocenters. The fourth-order valence-electron chi connectivity index (χ4n) is 3.92. The van der Waals surface area contributed by atoms with E-state index in [1.54, 1.807) is 27.4 Å². The largest absolute Gasteiger partial charge is 0.493 e. The van der Waals surface area contributed by atoms with Gasteiger partial charge in [0.25, 0.3) is 0 Å². The van der Waals surface area contributed by atoms with Crippen LogP contribution in [0.15, 0.2) is 34.0 Å². The highest BCUT2D eigenvalue weighted by Gasteiger charge is 2.29. The van der Waals surface area contributed by atoms with E-state index in [0.29, 0.717) is 40.5 Å². The molecule has 7 nitrogen and oxygen atoms in total. The number of fused-ring (bicyclic) bond motifs is 3. The zero-order valence-electron chi connectivity index (χ0n) is 18.4. The van der Waals surface area contributed by atoms with Crippen LogP contribution in [0.2, 0.25) is 0 Å². The van der Waals surface area contributed by atoms with E-state index in [-0.39, 0.29) is 5.43 Å². The van der Waals surface area contributed by atoms with Crippen molar-refractivity contribution in [1.82, 2.24) is 5.32 Å². The molecule has 1 amide bonds. The lowest BCUT2D eigenvalue weighted by Crippen LogP contribution is -2.28. The van der Waals surface area contributed by atoms with E-state index in [0.717, 1.165) is 22.4 Å². The number of methoxy groups -OCH3 is 4. The number of rotatable bonds is 6. The molecule has 0 bridgehead atoms. The van der Waals surface area contributed by atoms with Gasteiger partial charge in [0, 0.05) is 5.56 Å². The molecule has 0 radical (unpaired) electrons. The van der Waals surface area contributed by atoms with Crippen LogP contribution in [0.3, 0.4) is 0 Å². The van der Waals surface area contributed by atoms with Gasteiger partial charge in [0.1, 0.15) is 0 Å². The Labute approximate surface area is 186 Å². The van der Waals surface area contributed by atoms with E-state index >= 15 is 0 Å². The topological polar surface area (TPSA) is 83.1 Å². The zero-order chi connectivity index (χ0) is 22.5. The van der Waals surface area contributed by atoms with Crippen LogP contribution in [0, 0.1) is 0 Å². The molecule has 3 rings (SSSR count). The minimum Gasteiger partial charge on any atom is -0.493 e. The molecule has 1 aliphatic carbocycles. The van der Waals surface area contributed by atoms with Crippen molar-refractivity contribution in [3.8, 4) is 28.4 Å². The van der Waals surface area contributed by atoms with Crippen molar-refractivity contribution in [3.05, 3.63) is 45.6 Å². The first-order valence-corrected chi connectivity index (χ1v) is 10.9. The average Bonchev–Trinajstić information content (AvgIpc) is 3.02. The van der Waals surface area contributed by atoms with Gasteiger partial charge in [0.05, 0.1) is 39.4 Å². The van der Waals surface area contributed by atoms with Crippen LogP contribution >= 0.6 is 11.8 Å². The molecule has 8 heteroatoms. The summed E-state index contributed by atoms with van der Waals surface area (Å²) in [6.45, 7) is 2.00. The lowest BCUT2D eigenvalue weighted by Gasteiger charge is -2.19. The molecule has 0 fully saturated rings. The van der Waals surface area contributed by atoms with E-state index in [1.165, 1.54) is 18.9 Å². The maximum Gasteiger partial charge on any atom is 0.407 e. The lowest BCUT2D eigenvalue weighted by atomic mass is 9.95. The average molecular weight is 446 g/mol. The first-order chi connectivity index (χ1) is 15.0. The van der Waals surface area contributed by atoms with Crippen LogP contribution in [-0.2, 0) is 11.2 Å². The molecule has 166 valence electrons. The van der Waals surface area contributed by atoms with E-state index in [2.05, 4.69) is 5.32 Å². The number of hydrogen-bond acceptors (Lipinski definition) is 7. The summed E-state index contributed by atoms with van der Waals surface area (Å²) in [5.41, 5.74) is 3.22. The number of thioether (sulfide) groups is 1. The third-order valence-electron chi connectivity index (χ3n) is 5.28. The Morgan fingerprint density at radius 1 is 1.10 bits per heavy atom. The van der Waals surface area contributed by atoms with Crippen molar-refractivity contribution in [2.45, 2.75) is 30.7 Å². The van der Waals surface area contributed by atoms with Crippen molar-refractivity contribution in [3.63, 3.8) is 0 Å². The van der Waals surface area contributed by atoms with Gasteiger partial charge in [-0.15, -0.1) is 11.8 Å². The summed E-state index contributed by atoms with van der Waals surface area (Å²) in [5.74, 6) is 2.34. The maximum absolute atomic E-state index is 12.9. The number of hydrogen-bond donors (Lipinski definition) is 1. The number of carbonyl (C=O) groups is 1. The lowest BCUT2D eigenvalue weighted by molar-refractivity contribution is 0.166. The van der Waals surface area contributed by atoms with Gasteiger partial charge in [-0.1, -0.05) is 13.0 Å². The predicted octanol–water partition coefficient (Wildman–Crippen LogP) is 4.19.